The third kappa shape index (κ3) is 4.17. The van der Waals surface area contributed by atoms with Gasteiger partial charge in [0.15, 0.2) is 0 Å². The van der Waals surface area contributed by atoms with Crippen LogP contribution in [-0.2, 0) is 9.53 Å². The molecule has 1 saturated heterocycles. The van der Waals surface area contributed by atoms with Crippen molar-refractivity contribution in [3.63, 3.8) is 0 Å². The van der Waals surface area contributed by atoms with Crippen molar-refractivity contribution in [1.82, 2.24) is 10.3 Å². The summed E-state index contributed by atoms with van der Waals surface area (Å²) in [4.78, 5) is 26.3. The number of carbonyl (C=O) groups is 2. The Morgan fingerprint density at radius 1 is 1.50 bits per heavy atom. The topological polar surface area (TPSA) is 88.5 Å². The van der Waals surface area contributed by atoms with Gasteiger partial charge in [-0.1, -0.05) is 0 Å². The normalized spacial score (nSPS) is 18.3. The first-order valence-corrected chi connectivity index (χ1v) is 6.37. The number of carboxylic acid groups (broad SMARTS) is 1. The summed E-state index contributed by atoms with van der Waals surface area (Å²) in [5.41, 5.74) is 0.987. The Bertz CT molecular complexity index is 522. The van der Waals surface area contributed by atoms with Crippen LogP contribution in [0, 0.1) is 5.92 Å². The number of ether oxygens (including phenoxy) is 1. The van der Waals surface area contributed by atoms with E-state index in [4.69, 9.17) is 9.84 Å². The zero-order valence-electron chi connectivity index (χ0n) is 10.9. The summed E-state index contributed by atoms with van der Waals surface area (Å²) in [7, 11) is 0. The highest BCUT2D eigenvalue weighted by atomic mass is 16.5. The highest BCUT2D eigenvalue weighted by Crippen LogP contribution is 2.11. The van der Waals surface area contributed by atoms with Crippen molar-refractivity contribution in [2.45, 2.75) is 6.42 Å². The van der Waals surface area contributed by atoms with Crippen LogP contribution in [0.4, 0.5) is 0 Å². The summed E-state index contributed by atoms with van der Waals surface area (Å²) >= 11 is 0. The third-order valence-corrected chi connectivity index (χ3v) is 3.02. The number of carbonyl (C=O) groups excluding carboxylic acids is 1. The van der Waals surface area contributed by atoms with E-state index in [1.54, 1.807) is 6.07 Å². The number of hydrogen-bond donors (Lipinski definition) is 2. The Labute approximate surface area is 116 Å². The summed E-state index contributed by atoms with van der Waals surface area (Å²) in [6.07, 6.45) is 6.32. The van der Waals surface area contributed by atoms with E-state index >= 15 is 0 Å². The van der Waals surface area contributed by atoms with Gasteiger partial charge in [0.2, 0.25) is 0 Å². The average Bonchev–Trinajstić information content (AvgIpc) is 2.96. The largest absolute Gasteiger partial charge is 0.478 e. The molecule has 0 saturated carbocycles. The maximum absolute atomic E-state index is 12.0. The lowest BCUT2D eigenvalue weighted by Crippen LogP contribution is -2.29. The van der Waals surface area contributed by atoms with E-state index in [0.29, 0.717) is 30.2 Å². The molecule has 2 rings (SSSR count). The number of carboxylic acids is 1. The lowest BCUT2D eigenvalue weighted by Gasteiger charge is -2.09. The van der Waals surface area contributed by atoms with Crippen LogP contribution in [0.3, 0.4) is 0 Å². The first kappa shape index (κ1) is 14.2. The summed E-state index contributed by atoms with van der Waals surface area (Å²) in [6.45, 7) is 2.01. The fraction of sp³-hybridized carbons (Fsp3) is 0.357. The SMILES string of the molecule is O=C(O)C=Cc1cncc(C(=O)NCC2CCOC2)c1. The maximum atomic E-state index is 12.0. The molecule has 20 heavy (non-hydrogen) atoms. The smallest absolute Gasteiger partial charge is 0.328 e. The molecule has 0 radical (unpaired) electrons. The lowest BCUT2D eigenvalue weighted by molar-refractivity contribution is -0.131. The molecule has 1 unspecified atom stereocenters. The van der Waals surface area contributed by atoms with Gasteiger partial charge in [0.1, 0.15) is 0 Å². The number of nitrogens with zero attached hydrogens (tertiary/aromatic N) is 1. The predicted molar refractivity (Wildman–Crippen MR) is 72.2 cm³/mol. The Kier molecular flexibility index (Phi) is 4.84. The summed E-state index contributed by atoms with van der Waals surface area (Å²) < 4.78 is 5.24. The molecular formula is C14H16N2O4. The second kappa shape index (κ2) is 6.81. The number of rotatable bonds is 5. The molecule has 2 N–H and O–H groups in total. The third-order valence-electron chi connectivity index (χ3n) is 3.02. The van der Waals surface area contributed by atoms with Crippen LogP contribution in [0.25, 0.3) is 6.08 Å². The minimum atomic E-state index is -1.04. The molecule has 1 fully saturated rings. The van der Waals surface area contributed by atoms with E-state index < -0.39 is 5.97 Å². The van der Waals surface area contributed by atoms with Gasteiger partial charge >= 0.3 is 5.97 Å². The predicted octanol–water partition coefficient (Wildman–Crippen LogP) is 0.946. The molecule has 1 atom stereocenters. The summed E-state index contributed by atoms with van der Waals surface area (Å²) in [5, 5.41) is 11.4. The molecule has 1 aliphatic rings. The Balaban J connectivity index is 1.95. The van der Waals surface area contributed by atoms with Crippen molar-refractivity contribution in [3.05, 3.63) is 35.7 Å². The number of hydrogen-bond acceptors (Lipinski definition) is 4. The van der Waals surface area contributed by atoms with E-state index in [1.807, 2.05) is 0 Å². The van der Waals surface area contributed by atoms with Crippen molar-refractivity contribution in [2.75, 3.05) is 19.8 Å². The molecule has 0 aliphatic carbocycles. The van der Waals surface area contributed by atoms with Crippen LogP contribution >= 0.6 is 0 Å². The zero-order chi connectivity index (χ0) is 14.4. The van der Waals surface area contributed by atoms with Crippen molar-refractivity contribution in [1.29, 1.82) is 0 Å². The molecule has 1 aliphatic heterocycles. The van der Waals surface area contributed by atoms with Crippen molar-refractivity contribution in [2.24, 2.45) is 5.92 Å². The van der Waals surface area contributed by atoms with Gasteiger partial charge in [-0.3, -0.25) is 9.78 Å². The van der Waals surface area contributed by atoms with Crippen LogP contribution in [0.1, 0.15) is 22.3 Å². The van der Waals surface area contributed by atoms with Gasteiger partial charge in [0, 0.05) is 37.5 Å². The Hall–Kier alpha value is -2.21. The zero-order valence-corrected chi connectivity index (χ0v) is 10.9. The molecule has 106 valence electrons. The van der Waals surface area contributed by atoms with Gasteiger partial charge in [-0.05, 0) is 24.1 Å². The molecule has 1 aromatic heterocycles. The molecule has 2 heterocycles. The second-order valence-electron chi connectivity index (χ2n) is 4.62. The van der Waals surface area contributed by atoms with E-state index in [9.17, 15) is 9.59 Å². The van der Waals surface area contributed by atoms with Gasteiger partial charge in [0.25, 0.3) is 5.91 Å². The van der Waals surface area contributed by atoms with Crippen LogP contribution in [0.5, 0.6) is 0 Å². The number of aromatic nitrogens is 1. The standard InChI is InChI=1S/C14H16N2O4/c17-13(18)2-1-10-5-12(8-15-6-10)14(19)16-7-11-3-4-20-9-11/h1-2,5-6,8,11H,3-4,7,9H2,(H,16,19)(H,17,18). The number of aliphatic carboxylic acids is 1. The van der Waals surface area contributed by atoms with E-state index in [1.165, 1.54) is 18.5 Å². The monoisotopic (exact) mass is 276 g/mol. The fourth-order valence-electron chi connectivity index (χ4n) is 1.92. The first-order valence-electron chi connectivity index (χ1n) is 6.37. The van der Waals surface area contributed by atoms with Gasteiger partial charge in [-0.25, -0.2) is 4.79 Å². The number of pyridine rings is 1. The first-order chi connectivity index (χ1) is 9.65. The van der Waals surface area contributed by atoms with Crippen molar-refractivity contribution < 1.29 is 19.4 Å². The summed E-state index contributed by atoms with van der Waals surface area (Å²) in [6, 6.07) is 1.60. The highest BCUT2D eigenvalue weighted by Gasteiger charge is 2.16. The van der Waals surface area contributed by atoms with E-state index in [0.717, 1.165) is 19.1 Å². The minimum Gasteiger partial charge on any atom is -0.478 e. The Morgan fingerprint density at radius 2 is 2.35 bits per heavy atom. The lowest BCUT2D eigenvalue weighted by atomic mass is 10.1. The number of nitrogens with one attached hydrogen (secondary N) is 1. The highest BCUT2D eigenvalue weighted by molar-refractivity contribution is 5.94. The van der Waals surface area contributed by atoms with Gasteiger partial charge in [0.05, 0.1) is 12.2 Å². The quantitative estimate of drug-likeness (QED) is 0.781. The minimum absolute atomic E-state index is 0.213. The fourth-order valence-corrected chi connectivity index (χ4v) is 1.92. The van der Waals surface area contributed by atoms with Crippen LogP contribution in [0.2, 0.25) is 0 Å². The molecule has 1 aromatic rings. The van der Waals surface area contributed by atoms with Crippen LogP contribution in [0.15, 0.2) is 24.5 Å². The average molecular weight is 276 g/mol. The molecule has 0 spiro atoms. The molecule has 6 heteroatoms. The summed E-state index contributed by atoms with van der Waals surface area (Å²) in [5.74, 6) is -0.891. The number of amides is 1. The van der Waals surface area contributed by atoms with Gasteiger partial charge in [-0.15, -0.1) is 0 Å². The molecule has 1 amide bonds. The van der Waals surface area contributed by atoms with Crippen molar-refractivity contribution in [3.8, 4) is 0 Å². The van der Waals surface area contributed by atoms with Gasteiger partial charge < -0.3 is 15.2 Å². The Morgan fingerprint density at radius 3 is 3.05 bits per heavy atom. The van der Waals surface area contributed by atoms with E-state index in [2.05, 4.69) is 10.3 Å². The van der Waals surface area contributed by atoms with Crippen LogP contribution in [-0.4, -0.2) is 41.7 Å². The molecular weight excluding hydrogens is 260 g/mol. The van der Waals surface area contributed by atoms with E-state index in [-0.39, 0.29) is 5.91 Å². The second-order valence-corrected chi connectivity index (χ2v) is 4.62. The molecule has 0 bridgehead atoms. The van der Waals surface area contributed by atoms with Crippen LogP contribution < -0.4 is 5.32 Å². The maximum Gasteiger partial charge on any atom is 0.328 e. The molecule has 6 nitrogen and oxygen atoms in total. The van der Waals surface area contributed by atoms with Gasteiger partial charge in [-0.2, -0.15) is 0 Å². The molecule has 0 aromatic carbocycles. The van der Waals surface area contributed by atoms with Crippen molar-refractivity contribution >= 4 is 18.0 Å².